The van der Waals surface area contributed by atoms with Crippen LogP contribution < -0.4 is 10.6 Å². The third-order valence-electron chi connectivity index (χ3n) is 2.32. The number of aryl methyl sites for hydroxylation is 1. The third-order valence-corrected chi connectivity index (χ3v) is 3.34. The van der Waals surface area contributed by atoms with E-state index in [1.54, 1.807) is 11.3 Å². The van der Waals surface area contributed by atoms with E-state index in [1.807, 2.05) is 26.0 Å². The average Bonchev–Trinajstić information content (AvgIpc) is 2.61. The van der Waals surface area contributed by atoms with Gasteiger partial charge in [0, 0.05) is 22.2 Å². The van der Waals surface area contributed by atoms with Gasteiger partial charge in [0.2, 0.25) is 5.91 Å². The van der Waals surface area contributed by atoms with E-state index in [1.165, 1.54) is 4.88 Å². The second-order valence-electron chi connectivity index (χ2n) is 4.40. The van der Waals surface area contributed by atoms with Crippen molar-refractivity contribution in [2.75, 3.05) is 13.1 Å². The SMILES string of the molecule is Cc1ccc(CC(C)NC(=O)CNCC(F)(F)F)s1. The Hall–Kier alpha value is -1.08. The molecule has 19 heavy (non-hydrogen) atoms. The van der Waals surface area contributed by atoms with Crippen molar-refractivity contribution in [2.45, 2.75) is 32.5 Å². The van der Waals surface area contributed by atoms with Crippen LogP contribution in [0, 0.1) is 6.92 Å². The number of carbonyl (C=O) groups is 1. The Bertz CT molecular complexity index is 417. The van der Waals surface area contributed by atoms with E-state index < -0.39 is 18.6 Å². The van der Waals surface area contributed by atoms with Crippen molar-refractivity contribution < 1.29 is 18.0 Å². The monoisotopic (exact) mass is 294 g/mol. The molecule has 0 saturated heterocycles. The number of thiophene rings is 1. The fourth-order valence-corrected chi connectivity index (χ4v) is 2.61. The van der Waals surface area contributed by atoms with Crippen LogP contribution in [0.4, 0.5) is 13.2 Å². The molecule has 1 heterocycles. The Morgan fingerprint density at radius 1 is 1.42 bits per heavy atom. The molecule has 1 amide bonds. The van der Waals surface area contributed by atoms with Gasteiger partial charge in [0.1, 0.15) is 0 Å². The van der Waals surface area contributed by atoms with Crippen LogP contribution in [0.1, 0.15) is 16.7 Å². The molecule has 0 aliphatic heterocycles. The summed E-state index contributed by atoms with van der Waals surface area (Å²) >= 11 is 1.65. The van der Waals surface area contributed by atoms with Crippen molar-refractivity contribution in [1.82, 2.24) is 10.6 Å². The van der Waals surface area contributed by atoms with Gasteiger partial charge in [-0.1, -0.05) is 0 Å². The molecule has 0 radical (unpaired) electrons. The third kappa shape index (κ3) is 7.17. The van der Waals surface area contributed by atoms with Crippen molar-refractivity contribution in [1.29, 1.82) is 0 Å². The number of amides is 1. The molecule has 7 heteroatoms. The summed E-state index contributed by atoms with van der Waals surface area (Å²) in [4.78, 5) is 13.7. The molecular formula is C12H17F3N2OS. The van der Waals surface area contributed by atoms with Gasteiger partial charge in [-0.15, -0.1) is 11.3 Å². The van der Waals surface area contributed by atoms with E-state index in [2.05, 4.69) is 10.6 Å². The van der Waals surface area contributed by atoms with Gasteiger partial charge in [0.05, 0.1) is 13.1 Å². The van der Waals surface area contributed by atoms with Gasteiger partial charge >= 0.3 is 6.18 Å². The number of halogens is 3. The predicted octanol–water partition coefficient (Wildman–Crippen LogP) is 2.26. The van der Waals surface area contributed by atoms with Crippen LogP contribution in [0.15, 0.2) is 12.1 Å². The maximum atomic E-state index is 11.9. The molecule has 0 fully saturated rings. The first kappa shape index (κ1) is 16.0. The standard InChI is InChI=1S/C12H17F3N2OS/c1-8(5-10-4-3-9(2)19-10)17-11(18)6-16-7-12(13,14)15/h3-4,8,16H,5-7H2,1-2H3,(H,17,18). The number of nitrogens with one attached hydrogen (secondary N) is 2. The highest BCUT2D eigenvalue weighted by Crippen LogP contribution is 2.16. The van der Waals surface area contributed by atoms with Gasteiger partial charge in [-0.2, -0.15) is 13.2 Å². The zero-order valence-corrected chi connectivity index (χ0v) is 11.6. The molecule has 0 aliphatic rings. The summed E-state index contributed by atoms with van der Waals surface area (Å²) in [7, 11) is 0. The molecule has 0 saturated carbocycles. The summed E-state index contributed by atoms with van der Waals surface area (Å²) in [5.41, 5.74) is 0. The Kier molecular flexibility index (Phi) is 5.81. The van der Waals surface area contributed by atoms with Crippen molar-refractivity contribution in [3.8, 4) is 0 Å². The maximum Gasteiger partial charge on any atom is 0.401 e. The Morgan fingerprint density at radius 2 is 2.11 bits per heavy atom. The van der Waals surface area contributed by atoms with Gasteiger partial charge in [0.15, 0.2) is 0 Å². The molecular weight excluding hydrogens is 277 g/mol. The lowest BCUT2D eigenvalue weighted by atomic mass is 10.2. The Morgan fingerprint density at radius 3 is 2.63 bits per heavy atom. The van der Waals surface area contributed by atoms with E-state index in [0.717, 1.165) is 4.88 Å². The normalized spacial score (nSPS) is 13.3. The van der Waals surface area contributed by atoms with Gasteiger partial charge in [-0.3, -0.25) is 4.79 Å². The highest BCUT2D eigenvalue weighted by molar-refractivity contribution is 7.11. The summed E-state index contributed by atoms with van der Waals surface area (Å²) in [5.74, 6) is -0.426. The van der Waals surface area contributed by atoms with E-state index >= 15 is 0 Å². The zero-order valence-electron chi connectivity index (χ0n) is 10.8. The first-order valence-electron chi connectivity index (χ1n) is 5.88. The highest BCUT2D eigenvalue weighted by atomic mass is 32.1. The lowest BCUT2D eigenvalue weighted by Gasteiger charge is -2.14. The van der Waals surface area contributed by atoms with Crippen molar-refractivity contribution >= 4 is 17.2 Å². The average molecular weight is 294 g/mol. The quantitative estimate of drug-likeness (QED) is 0.845. The van der Waals surface area contributed by atoms with E-state index in [0.29, 0.717) is 6.42 Å². The second kappa shape index (κ2) is 6.91. The molecule has 1 rings (SSSR count). The summed E-state index contributed by atoms with van der Waals surface area (Å²) in [5, 5.41) is 4.73. The lowest BCUT2D eigenvalue weighted by Crippen LogP contribution is -2.42. The molecule has 1 aromatic rings. The number of rotatable bonds is 6. The number of hydrogen-bond donors (Lipinski definition) is 2. The Labute approximate surface area is 114 Å². The van der Waals surface area contributed by atoms with Crippen LogP contribution in [0.25, 0.3) is 0 Å². The van der Waals surface area contributed by atoms with E-state index in [-0.39, 0.29) is 12.6 Å². The molecule has 1 aromatic heterocycles. The Balaban J connectivity index is 2.24. The topological polar surface area (TPSA) is 41.1 Å². The maximum absolute atomic E-state index is 11.9. The molecule has 1 atom stereocenters. The minimum Gasteiger partial charge on any atom is -0.352 e. The fourth-order valence-electron chi connectivity index (χ4n) is 1.59. The first-order chi connectivity index (χ1) is 8.76. The van der Waals surface area contributed by atoms with Gasteiger partial charge in [-0.05, 0) is 26.0 Å². The van der Waals surface area contributed by atoms with E-state index in [9.17, 15) is 18.0 Å². The summed E-state index contributed by atoms with van der Waals surface area (Å²) in [6.45, 7) is 2.35. The number of carbonyl (C=O) groups excluding carboxylic acids is 1. The largest absolute Gasteiger partial charge is 0.401 e. The number of hydrogen-bond acceptors (Lipinski definition) is 3. The molecule has 108 valence electrons. The summed E-state index contributed by atoms with van der Waals surface area (Å²) in [6, 6.07) is 3.89. The summed E-state index contributed by atoms with van der Waals surface area (Å²) in [6.07, 6.45) is -3.61. The molecule has 0 bridgehead atoms. The van der Waals surface area contributed by atoms with Crippen molar-refractivity contribution in [2.24, 2.45) is 0 Å². The van der Waals surface area contributed by atoms with Crippen LogP contribution in [0.5, 0.6) is 0 Å². The van der Waals surface area contributed by atoms with E-state index in [4.69, 9.17) is 0 Å². The number of alkyl halides is 3. The molecule has 2 N–H and O–H groups in total. The smallest absolute Gasteiger partial charge is 0.352 e. The molecule has 0 aliphatic carbocycles. The van der Waals surface area contributed by atoms with Gasteiger partial charge in [0.25, 0.3) is 0 Å². The summed E-state index contributed by atoms with van der Waals surface area (Å²) < 4.78 is 35.6. The minimum atomic E-state index is -4.29. The molecule has 3 nitrogen and oxygen atoms in total. The molecule has 1 unspecified atom stereocenters. The molecule has 0 spiro atoms. The second-order valence-corrected chi connectivity index (χ2v) is 5.78. The predicted molar refractivity (Wildman–Crippen MR) is 69.3 cm³/mol. The van der Waals surface area contributed by atoms with Crippen molar-refractivity contribution in [3.63, 3.8) is 0 Å². The highest BCUT2D eigenvalue weighted by Gasteiger charge is 2.26. The lowest BCUT2D eigenvalue weighted by molar-refractivity contribution is -0.128. The van der Waals surface area contributed by atoms with Crippen LogP contribution in [-0.2, 0) is 11.2 Å². The first-order valence-corrected chi connectivity index (χ1v) is 6.70. The van der Waals surface area contributed by atoms with Crippen LogP contribution in [0.2, 0.25) is 0 Å². The van der Waals surface area contributed by atoms with Crippen molar-refractivity contribution in [3.05, 3.63) is 21.9 Å². The van der Waals surface area contributed by atoms with Crippen LogP contribution in [-0.4, -0.2) is 31.2 Å². The van der Waals surface area contributed by atoms with Gasteiger partial charge < -0.3 is 10.6 Å². The molecule has 0 aromatic carbocycles. The van der Waals surface area contributed by atoms with Crippen LogP contribution >= 0.6 is 11.3 Å². The zero-order chi connectivity index (χ0) is 14.5. The fraction of sp³-hybridized carbons (Fsp3) is 0.583. The van der Waals surface area contributed by atoms with Gasteiger partial charge in [-0.25, -0.2) is 0 Å². The van der Waals surface area contributed by atoms with Crippen LogP contribution in [0.3, 0.4) is 0 Å². The minimum absolute atomic E-state index is 0.0989.